The quantitative estimate of drug-likeness (QED) is 0.171. The fourth-order valence-electron chi connectivity index (χ4n) is 11.0. The van der Waals surface area contributed by atoms with Crippen LogP contribution in [-0.2, 0) is 33.0 Å². The Labute approximate surface area is 378 Å². The summed E-state index contributed by atoms with van der Waals surface area (Å²) in [5.41, 5.74) is 3.24. The van der Waals surface area contributed by atoms with Crippen molar-refractivity contribution in [3.05, 3.63) is 139 Å². The Hall–Kier alpha value is -6.40. The molecule has 1 aliphatic carbocycles. The number of aromatic amines is 1. The molecule has 5 atom stereocenters. The summed E-state index contributed by atoms with van der Waals surface area (Å²) in [7, 11) is -2.76. The largest absolute Gasteiger partial charge is 0.438 e. The Morgan fingerprint density at radius 1 is 0.970 bits per heavy atom. The number of amides is 1. The number of hydrogen-bond donors (Lipinski definition) is 1. The zero-order valence-corrected chi connectivity index (χ0v) is 38.5. The van der Waals surface area contributed by atoms with Gasteiger partial charge in [0.25, 0.3) is 5.91 Å². The van der Waals surface area contributed by atoms with Gasteiger partial charge >= 0.3 is 11.4 Å². The minimum atomic E-state index is -2.76. The number of fused-ring (bicyclic) bond motifs is 3. The van der Waals surface area contributed by atoms with Gasteiger partial charge in [-0.25, -0.2) is 31.6 Å². The molecule has 3 aliphatic heterocycles. The standard InChI is InChI=1S/C48H49F2N9O6S/c1-25-18-32(19-26(2)40(25)49)59-42(57-16-15-56(46(57)62)36-10-11-38-33(41(36)50)24-51-66(38,7)63)39-28(4)55(14-12-34(39)53-59)43(60)37-21-31-20-29(30-13-17-64-47(5,6)23-30)8-9-35(31)58(37)48(22-27(48)3)44-52-45(61)65-54-44/h8-11,15-16,18-21,27-28,30H,12-14,17,22-24H2,1-7H3,(H,52,54,61)/t27-,28-,30-,48-,66?/m0/s1. The van der Waals surface area contributed by atoms with Crippen molar-refractivity contribution in [3.63, 3.8) is 0 Å². The van der Waals surface area contributed by atoms with Crippen LogP contribution >= 0.6 is 0 Å². The Kier molecular flexibility index (Phi) is 9.31. The third kappa shape index (κ3) is 6.27. The zero-order chi connectivity index (χ0) is 46.4. The van der Waals surface area contributed by atoms with E-state index in [0.29, 0.717) is 69.8 Å². The third-order valence-electron chi connectivity index (χ3n) is 14.4. The predicted molar refractivity (Wildman–Crippen MR) is 241 cm³/mol. The summed E-state index contributed by atoms with van der Waals surface area (Å²) in [4.78, 5) is 47.6. The molecule has 0 spiro atoms. The van der Waals surface area contributed by atoms with E-state index in [2.05, 4.69) is 53.5 Å². The van der Waals surface area contributed by atoms with E-state index in [4.69, 9.17) is 14.4 Å². The maximum atomic E-state index is 16.2. The van der Waals surface area contributed by atoms with Gasteiger partial charge < -0.3 is 14.2 Å². The van der Waals surface area contributed by atoms with Crippen LogP contribution in [0.1, 0.15) is 109 Å². The average molecular weight is 918 g/mol. The molecule has 0 radical (unpaired) electrons. The molecule has 66 heavy (non-hydrogen) atoms. The van der Waals surface area contributed by atoms with Crippen LogP contribution in [0, 0.1) is 31.4 Å². The van der Waals surface area contributed by atoms with Crippen LogP contribution in [0.25, 0.3) is 28.1 Å². The number of H-pyrrole nitrogens is 1. The van der Waals surface area contributed by atoms with E-state index in [1.54, 1.807) is 41.6 Å². The lowest BCUT2D eigenvalue weighted by Gasteiger charge is -2.35. The number of carbonyl (C=O) groups is 1. The molecular weight excluding hydrogens is 869 g/mol. The Morgan fingerprint density at radius 3 is 2.41 bits per heavy atom. The third-order valence-corrected chi connectivity index (χ3v) is 16.3. The zero-order valence-electron chi connectivity index (χ0n) is 37.6. The molecule has 1 saturated carbocycles. The number of aromatic nitrogens is 7. The summed E-state index contributed by atoms with van der Waals surface area (Å²) in [5.74, 6) is -1.12. The van der Waals surface area contributed by atoms with Crippen molar-refractivity contribution in [1.82, 2.24) is 38.5 Å². The Bertz CT molecular complexity index is 3450. The van der Waals surface area contributed by atoms with Crippen LogP contribution in [0.4, 0.5) is 8.78 Å². The summed E-state index contributed by atoms with van der Waals surface area (Å²) in [6, 6.07) is 13.9. The predicted octanol–water partition coefficient (Wildman–Crippen LogP) is 7.53. The number of halogens is 2. The number of rotatable bonds is 7. The molecule has 4 aromatic heterocycles. The Morgan fingerprint density at radius 2 is 1.71 bits per heavy atom. The molecule has 2 fully saturated rings. The van der Waals surface area contributed by atoms with Crippen molar-refractivity contribution in [2.24, 2.45) is 10.3 Å². The summed E-state index contributed by atoms with van der Waals surface area (Å²) in [6.45, 7) is 12.3. The highest BCUT2D eigenvalue weighted by Crippen LogP contribution is 2.56. The second-order valence-electron chi connectivity index (χ2n) is 19.2. The van der Waals surface area contributed by atoms with E-state index in [0.717, 1.165) is 29.3 Å². The van der Waals surface area contributed by atoms with Gasteiger partial charge in [-0.3, -0.25) is 23.4 Å². The minimum Gasteiger partial charge on any atom is -0.376 e. The number of aryl methyl sites for hydroxylation is 2. The van der Waals surface area contributed by atoms with E-state index in [1.807, 2.05) is 17.6 Å². The normalized spacial score (nSPS) is 24.4. The first-order valence-electron chi connectivity index (χ1n) is 22.2. The number of nitrogens with zero attached hydrogens (tertiary/aromatic N) is 8. The lowest BCUT2D eigenvalue weighted by atomic mass is 9.83. The van der Waals surface area contributed by atoms with Crippen molar-refractivity contribution in [2.75, 3.05) is 19.4 Å². The molecule has 0 bridgehead atoms. The SMILES string of the molecule is Cc1cc(-n2nc3c(c2-n2ccn(-c4ccc5c(c4F)CN=S5(C)=O)c2=O)[C@H](C)N(C(=O)c2cc4cc([C@H]5CCOC(C)(C)C5)ccc4n2[C@@]2(c4noc(=O)[nH]4)C[C@@H]2C)CC3)cc(C)c1F. The highest BCUT2D eigenvalue weighted by Gasteiger charge is 2.59. The average Bonchev–Trinajstić information content (AvgIpc) is 3.87. The first kappa shape index (κ1) is 42.2. The molecule has 3 aromatic carbocycles. The number of nitrogens with one attached hydrogen (secondary N) is 1. The molecule has 4 aliphatic rings. The molecule has 1 saturated heterocycles. The van der Waals surface area contributed by atoms with E-state index in [9.17, 15) is 13.8 Å². The van der Waals surface area contributed by atoms with Crippen LogP contribution in [0.5, 0.6) is 0 Å². The number of hydrogen-bond acceptors (Lipinski definition) is 9. The molecule has 18 heteroatoms. The van der Waals surface area contributed by atoms with Gasteiger partial charge in [0.2, 0.25) is 0 Å². The molecule has 11 rings (SSSR count). The fraction of sp³-hybridized carbons (Fsp3) is 0.396. The van der Waals surface area contributed by atoms with E-state index < -0.39 is 38.6 Å². The van der Waals surface area contributed by atoms with Gasteiger partial charge in [0.05, 0.1) is 49.9 Å². The molecule has 1 amide bonds. The lowest BCUT2D eigenvalue weighted by molar-refractivity contribution is -0.0592. The maximum Gasteiger partial charge on any atom is 0.438 e. The fourth-order valence-corrected chi connectivity index (χ4v) is 12.4. The lowest BCUT2D eigenvalue weighted by Crippen LogP contribution is -2.41. The van der Waals surface area contributed by atoms with Gasteiger partial charge in [-0.15, -0.1) is 0 Å². The number of carbonyl (C=O) groups excluding carboxylic acids is 1. The molecular formula is C48H49F2N9O6S. The maximum absolute atomic E-state index is 16.2. The van der Waals surface area contributed by atoms with Gasteiger partial charge in [0.15, 0.2) is 11.6 Å². The highest BCUT2D eigenvalue weighted by atomic mass is 32.2. The molecule has 7 heterocycles. The number of imidazole rings is 1. The van der Waals surface area contributed by atoms with Crippen LogP contribution in [0.2, 0.25) is 0 Å². The summed E-state index contributed by atoms with van der Waals surface area (Å²) in [5, 5.41) is 10.1. The molecule has 7 aromatic rings. The van der Waals surface area contributed by atoms with Gasteiger partial charge in [-0.05, 0) is 125 Å². The van der Waals surface area contributed by atoms with Gasteiger partial charge in [0, 0.05) is 60.3 Å². The smallest absolute Gasteiger partial charge is 0.376 e. The van der Waals surface area contributed by atoms with Crippen molar-refractivity contribution in [2.45, 2.75) is 102 Å². The molecule has 342 valence electrons. The van der Waals surface area contributed by atoms with Crippen molar-refractivity contribution in [3.8, 4) is 17.2 Å². The van der Waals surface area contributed by atoms with Crippen LogP contribution in [-0.4, -0.2) is 73.6 Å². The minimum absolute atomic E-state index is 0.0129. The van der Waals surface area contributed by atoms with E-state index >= 15 is 13.6 Å². The monoisotopic (exact) mass is 917 g/mol. The second-order valence-corrected chi connectivity index (χ2v) is 21.5. The summed E-state index contributed by atoms with van der Waals surface area (Å²) in [6.07, 6.45) is 7.09. The highest BCUT2D eigenvalue weighted by molar-refractivity contribution is 7.93. The van der Waals surface area contributed by atoms with Crippen LogP contribution in [0.3, 0.4) is 0 Å². The van der Waals surface area contributed by atoms with Crippen molar-refractivity contribution < 1.29 is 27.0 Å². The first-order chi connectivity index (χ1) is 31.4. The second kappa shape index (κ2) is 14.5. The summed E-state index contributed by atoms with van der Waals surface area (Å²) < 4.78 is 65.8. The van der Waals surface area contributed by atoms with Crippen molar-refractivity contribution in [1.29, 1.82) is 0 Å². The topological polar surface area (TPSA) is 168 Å². The molecule has 1 unspecified atom stereocenters. The van der Waals surface area contributed by atoms with Gasteiger partial charge in [-0.1, -0.05) is 18.1 Å². The van der Waals surface area contributed by atoms with Crippen molar-refractivity contribution >= 4 is 26.5 Å². The summed E-state index contributed by atoms with van der Waals surface area (Å²) >= 11 is 0. The van der Waals surface area contributed by atoms with E-state index in [-0.39, 0.29) is 53.5 Å². The molecule has 1 N–H and O–H groups in total. The number of benzene rings is 3. The van der Waals surface area contributed by atoms with Crippen LogP contribution in [0.15, 0.2) is 84.3 Å². The van der Waals surface area contributed by atoms with Crippen LogP contribution < -0.4 is 11.4 Å². The molecule has 15 nitrogen and oxygen atoms in total. The van der Waals surface area contributed by atoms with Gasteiger partial charge in [-0.2, -0.15) is 5.10 Å². The number of ether oxygens (including phenoxy) is 1. The Balaban J connectivity index is 1.05. The first-order valence-corrected chi connectivity index (χ1v) is 24.2. The van der Waals surface area contributed by atoms with Gasteiger partial charge in [0.1, 0.15) is 22.9 Å². The van der Waals surface area contributed by atoms with E-state index in [1.165, 1.54) is 33.9 Å².